The molecule has 152 valence electrons. The van der Waals surface area contributed by atoms with Crippen LogP contribution in [0, 0.1) is 0 Å². The fourth-order valence-corrected chi connectivity index (χ4v) is 3.86. The number of ether oxygens (including phenoxy) is 1. The summed E-state index contributed by atoms with van der Waals surface area (Å²) in [4.78, 5) is 3.12. The minimum absolute atomic E-state index is 0.145. The summed E-state index contributed by atoms with van der Waals surface area (Å²) in [6.45, 7) is 13.4. The Morgan fingerprint density at radius 3 is 2.11 bits per heavy atom. The molecule has 0 spiro atoms. The molecule has 0 saturated carbocycles. The molecule has 1 aliphatic heterocycles. The van der Waals surface area contributed by atoms with Gasteiger partial charge in [-0.1, -0.05) is 63.2 Å². The van der Waals surface area contributed by atoms with Crippen molar-refractivity contribution in [3.8, 4) is 5.75 Å². The van der Waals surface area contributed by atoms with Crippen LogP contribution < -0.4 is 14.5 Å². The molecule has 4 heteroatoms. The highest BCUT2D eigenvalue weighted by Crippen LogP contribution is 2.24. The van der Waals surface area contributed by atoms with Crippen molar-refractivity contribution in [2.45, 2.75) is 38.8 Å². The van der Waals surface area contributed by atoms with Crippen molar-refractivity contribution in [1.29, 1.82) is 0 Å². The molecule has 1 saturated heterocycles. The van der Waals surface area contributed by atoms with Gasteiger partial charge in [-0.05, 0) is 23.1 Å². The summed E-state index contributed by atoms with van der Waals surface area (Å²) < 4.78 is 5.81. The van der Waals surface area contributed by atoms with Crippen molar-refractivity contribution >= 4 is 0 Å². The van der Waals surface area contributed by atoms with Crippen LogP contribution in [0.4, 0.5) is 0 Å². The van der Waals surface area contributed by atoms with Gasteiger partial charge < -0.3 is 19.6 Å². The average Bonchev–Trinajstić information content (AvgIpc) is 2.68. The van der Waals surface area contributed by atoms with Crippen molar-refractivity contribution in [2.75, 3.05) is 39.3 Å². The van der Waals surface area contributed by atoms with Gasteiger partial charge >= 0.3 is 0 Å². The van der Waals surface area contributed by atoms with E-state index >= 15 is 0 Å². The number of aliphatic hydroxyl groups excluding tert-OH is 1. The summed E-state index contributed by atoms with van der Waals surface area (Å²) in [5.41, 5.74) is 2.85. The van der Waals surface area contributed by atoms with Gasteiger partial charge in [-0.3, -0.25) is 0 Å². The Balaban J connectivity index is 1.37. The quantitative estimate of drug-likeness (QED) is 0.658. The number of quaternary nitrogens is 2. The van der Waals surface area contributed by atoms with Crippen LogP contribution in [0.2, 0.25) is 0 Å². The monoisotopic (exact) mass is 384 g/mol. The first-order valence-electron chi connectivity index (χ1n) is 10.5. The molecule has 1 aliphatic rings. The van der Waals surface area contributed by atoms with E-state index in [4.69, 9.17) is 4.74 Å². The van der Waals surface area contributed by atoms with Crippen molar-refractivity contribution in [1.82, 2.24) is 0 Å². The third kappa shape index (κ3) is 6.33. The summed E-state index contributed by atoms with van der Waals surface area (Å²) in [6, 6.07) is 19.0. The predicted octanol–water partition coefficient (Wildman–Crippen LogP) is 0.707. The maximum atomic E-state index is 10.4. The third-order valence-corrected chi connectivity index (χ3v) is 5.65. The van der Waals surface area contributed by atoms with Gasteiger partial charge in [0.15, 0.2) is 0 Å². The number of aliphatic hydroxyl groups is 1. The van der Waals surface area contributed by atoms with Gasteiger partial charge in [-0.2, -0.15) is 0 Å². The van der Waals surface area contributed by atoms with Crippen molar-refractivity contribution < 1.29 is 19.6 Å². The van der Waals surface area contributed by atoms with E-state index in [2.05, 4.69) is 63.2 Å². The van der Waals surface area contributed by atoms with Gasteiger partial charge in [0.05, 0.1) is 0 Å². The fourth-order valence-electron chi connectivity index (χ4n) is 3.86. The standard InChI is InChI=1S/C24H34N2O2/c1-24(2,3)21-9-11-23(12-10-21)28-19-22(27)18-26-15-13-25(14-16-26)17-20-7-5-4-6-8-20/h4-12,22,27H,13-19H2,1-3H3/p+2/t22-/m1/s1. The highest BCUT2D eigenvalue weighted by atomic mass is 16.5. The molecule has 0 aliphatic carbocycles. The molecular formula is C24H36N2O2+2. The van der Waals surface area contributed by atoms with E-state index in [0.29, 0.717) is 6.61 Å². The van der Waals surface area contributed by atoms with E-state index in [9.17, 15) is 5.11 Å². The van der Waals surface area contributed by atoms with Crippen molar-refractivity contribution in [3.05, 3.63) is 65.7 Å². The van der Waals surface area contributed by atoms with Gasteiger partial charge in [0.25, 0.3) is 0 Å². The molecule has 1 heterocycles. The summed E-state index contributed by atoms with van der Waals surface area (Å²) in [7, 11) is 0. The van der Waals surface area contributed by atoms with Crippen LogP contribution in [0.3, 0.4) is 0 Å². The van der Waals surface area contributed by atoms with E-state index in [1.807, 2.05) is 12.1 Å². The van der Waals surface area contributed by atoms with Gasteiger partial charge in [0.1, 0.15) is 57.7 Å². The average molecular weight is 385 g/mol. The lowest BCUT2D eigenvalue weighted by molar-refractivity contribution is -1.02. The van der Waals surface area contributed by atoms with E-state index in [0.717, 1.165) is 45.0 Å². The number of nitrogens with one attached hydrogen (secondary N) is 2. The third-order valence-electron chi connectivity index (χ3n) is 5.65. The summed E-state index contributed by atoms with van der Waals surface area (Å²) >= 11 is 0. The Morgan fingerprint density at radius 1 is 0.893 bits per heavy atom. The molecule has 1 atom stereocenters. The van der Waals surface area contributed by atoms with Crippen LogP contribution >= 0.6 is 0 Å². The predicted molar refractivity (Wildman–Crippen MR) is 113 cm³/mol. The van der Waals surface area contributed by atoms with Gasteiger partial charge in [-0.25, -0.2) is 0 Å². The maximum absolute atomic E-state index is 10.4. The molecule has 0 aromatic heterocycles. The molecular weight excluding hydrogens is 348 g/mol. The smallest absolute Gasteiger partial charge is 0.137 e. The van der Waals surface area contributed by atoms with Crippen LogP contribution in [0.25, 0.3) is 0 Å². The first kappa shape index (κ1) is 20.8. The Hall–Kier alpha value is -1.88. The van der Waals surface area contributed by atoms with E-state index in [-0.39, 0.29) is 5.41 Å². The number of rotatable bonds is 7. The van der Waals surface area contributed by atoms with Crippen LogP contribution in [0.15, 0.2) is 54.6 Å². The second-order valence-corrected chi connectivity index (χ2v) is 9.11. The minimum Gasteiger partial charge on any atom is -0.491 e. The Bertz CT molecular complexity index is 702. The maximum Gasteiger partial charge on any atom is 0.137 e. The van der Waals surface area contributed by atoms with Gasteiger partial charge in [-0.15, -0.1) is 0 Å². The lowest BCUT2D eigenvalue weighted by Crippen LogP contribution is -3.28. The topological polar surface area (TPSA) is 38.3 Å². The van der Waals surface area contributed by atoms with Crippen LogP contribution in [-0.4, -0.2) is 50.5 Å². The molecule has 1 fully saturated rings. The first-order valence-corrected chi connectivity index (χ1v) is 10.5. The van der Waals surface area contributed by atoms with Crippen LogP contribution in [-0.2, 0) is 12.0 Å². The second kappa shape index (κ2) is 9.55. The highest BCUT2D eigenvalue weighted by Gasteiger charge is 2.25. The Morgan fingerprint density at radius 2 is 1.50 bits per heavy atom. The van der Waals surface area contributed by atoms with Crippen molar-refractivity contribution in [2.24, 2.45) is 0 Å². The lowest BCUT2D eigenvalue weighted by atomic mass is 9.87. The molecule has 3 N–H and O–H groups in total. The van der Waals surface area contributed by atoms with Crippen LogP contribution in [0.5, 0.6) is 5.75 Å². The molecule has 3 rings (SSSR count). The van der Waals surface area contributed by atoms with Crippen LogP contribution in [0.1, 0.15) is 31.9 Å². The summed E-state index contributed by atoms with van der Waals surface area (Å²) in [5.74, 6) is 0.833. The zero-order valence-electron chi connectivity index (χ0n) is 17.6. The fraction of sp³-hybridized carbons (Fsp3) is 0.500. The summed E-state index contributed by atoms with van der Waals surface area (Å²) in [5, 5.41) is 10.4. The van der Waals surface area contributed by atoms with Gasteiger partial charge in [0.2, 0.25) is 0 Å². The Kier molecular flexibility index (Phi) is 7.11. The van der Waals surface area contributed by atoms with Crippen molar-refractivity contribution in [3.63, 3.8) is 0 Å². The molecule has 4 nitrogen and oxygen atoms in total. The lowest BCUT2D eigenvalue weighted by Gasteiger charge is -2.30. The second-order valence-electron chi connectivity index (χ2n) is 9.11. The highest BCUT2D eigenvalue weighted by molar-refractivity contribution is 5.31. The molecule has 0 amide bonds. The number of piperazine rings is 1. The SMILES string of the molecule is CC(C)(C)c1ccc(OC[C@H](O)C[NH+]2CC[NH+](Cc3ccccc3)CC2)cc1. The largest absolute Gasteiger partial charge is 0.491 e. The molecule has 0 unspecified atom stereocenters. The first-order chi connectivity index (χ1) is 13.4. The zero-order valence-corrected chi connectivity index (χ0v) is 17.6. The molecule has 0 bridgehead atoms. The summed E-state index contributed by atoms with van der Waals surface area (Å²) in [6.07, 6.45) is -0.423. The molecule has 2 aromatic rings. The molecule has 2 aromatic carbocycles. The number of hydrogen-bond donors (Lipinski definition) is 3. The minimum atomic E-state index is -0.423. The van der Waals surface area contributed by atoms with E-state index < -0.39 is 6.10 Å². The Labute approximate surface area is 169 Å². The molecule has 28 heavy (non-hydrogen) atoms. The number of hydrogen-bond acceptors (Lipinski definition) is 2. The van der Waals surface area contributed by atoms with Gasteiger partial charge in [0, 0.05) is 5.56 Å². The van der Waals surface area contributed by atoms with E-state index in [1.54, 1.807) is 4.90 Å². The number of benzene rings is 2. The molecule has 0 radical (unpaired) electrons. The zero-order chi connectivity index (χ0) is 20.0. The van der Waals surface area contributed by atoms with E-state index in [1.165, 1.54) is 16.0 Å². The normalized spacial score (nSPS) is 21.3.